The van der Waals surface area contributed by atoms with Crippen molar-refractivity contribution in [3.63, 3.8) is 0 Å². The standard InChI is InChI=1S/C11H14N2O4.C2H5NO2/c12-6-10(14)17-8-3-1-7(2-4-8)5-9(13)11(15)16;3-1-2(4)5/h1-4,9H,5-6,12-13H2,(H,15,16);1,3H2,(H,4,5)/t9-;/m0./s1. The Morgan fingerprint density at radius 3 is 1.91 bits per heavy atom. The molecule has 1 atom stereocenters. The molecule has 0 aliphatic carbocycles. The lowest BCUT2D eigenvalue weighted by Crippen LogP contribution is -2.32. The summed E-state index contributed by atoms with van der Waals surface area (Å²) in [5.74, 6) is -2.18. The fourth-order valence-corrected chi connectivity index (χ4v) is 1.21. The average molecular weight is 313 g/mol. The fraction of sp³-hybridized carbons (Fsp3) is 0.308. The molecule has 122 valence electrons. The van der Waals surface area contributed by atoms with Crippen molar-refractivity contribution >= 4 is 17.9 Å². The van der Waals surface area contributed by atoms with Gasteiger partial charge >= 0.3 is 17.9 Å². The number of carbonyl (C=O) groups excluding carboxylic acids is 1. The first-order valence-electron chi connectivity index (χ1n) is 6.20. The smallest absolute Gasteiger partial charge is 0.325 e. The highest BCUT2D eigenvalue weighted by Gasteiger charge is 2.12. The quantitative estimate of drug-likeness (QED) is 0.309. The molecule has 0 unspecified atom stereocenters. The zero-order valence-electron chi connectivity index (χ0n) is 11.8. The van der Waals surface area contributed by atoms with Crippen molar-refractivity contribution in [2.75, 3.05) is 13.1 Å². The van der Waals surface area contributed by atoms with Crippen molar-refractivity contribution in [3.05, 3.63) is 29.8 Å². The molecule has 0 spiro atoms. The maximum absolute atomic E-state index is 10.9. The van der Waals surface area contributed by atoms with Crippen LogP contribution in [0.4, 0.5) is 0 Å². The van der Waals surface area contributed by atoms with E-state index in [1.165, 1.54) is 0 Å². The van der Waals surface area contributed by atoms with Crippen molar-refractivity contribution in [2.45, 2.75) is 12.5 Å². The van der Waals surface area contributed by atoms with Gasteiger partial charge in [-0.25, -0.2) is 0 Å². The molecule has 1 rings (SSSR count). The number of benzene rings is 1. The van der Waals surface area contributed by atoms with Crippen molar-refractivity contribution in [3.8, 4) is 5.75 Å². The third kappa shape index (κ3) is 8.64. The van der Waals surface area contributed by atoms with Gasteiger partial charge in [-0.3, -0.25) is 14.4 Å². The van der Waals surface area contributed by atoms with Crippen LogP contribution >= 0.6 is 0 Å². The van der Waals surface area contributed by atoms with Crippen LogP contribution in [0.2, 0.25) is 0 Å². The van der Waals surface area contributed by atoms with E-state index in [2.05, 4.69) is 5.73 Å². The van der Waals surface area contributed by atoms with E-state index in [9.17, 15) is 14.4 Å². The van der Waals surface area contributed by atoms with Crippen LogP contribution in [0.3, 0.4) is 0 Å². The van der Waals surface area contributed by atoms with E-state index in [-0.39, 0.29) is 19.5 Å². The topological polar surface area (TPSA) is 179 Å². The lowest BCUT2D eigenvalue weighted by atomic mass is 10.1. The SMILES string of the molecule is NCC(=O)O.NCC(=O)Oc1ccc(C[C@H](N)C(=O)O)cc1. The summed E-state index contributed by atoms with van der Waals surface area (Å²) in [5.41, 5.74) is 15.8. The molecule has 0 heterocycles. The normalized spacial score (nSPS) is 10.9. The molecule has 0 aromatic heterocycles. The van der Waals surface area contributed by atoms with Crippen molar-refractivity contribution < 1.29 is 29.3 Å². The summed E-state index contributed by atoms with van der Waals surface area (Å²) in [6.07, 6.45) is 0.223. The molecule has 0 saturated heterocycles. The van der Waals surface area contributed by atoms with Crippen LogP contribution in [0.15, 0.2) is 24.3 Å². The number of rotatable bonds is 6. The van der Waals surface area contributed by atoms with Crippen molar-refractivity contribution in [1.82, 2.24) is 0 Å². The van der Waals surface area contributed by atoms with E-state index in [0.29, 0.717) is 5.75 Å². The van der Waals surface area contributed by atoms with Crippen LogP contribution in [0, 0.1) is 0 Å². The number of hydrogen-bond donors (Lipinski definition) is 5. The van der Waals surface area contributed by atoms with Gasteiger partial charge in [0.25, 0.3) is 0 Å². The summed E-state index contributed by atoms with van der Waals surface area (Å²) >= 11 is 0. The Morgan fingerprint density at radius 1 is 1.05 bits per heavy atom. The summed E-state index contributed by atoms with van der Waals surface area (Å²) in [6.45, 7) is -0.467. The fourth-order valence-electron chi connectivity index (χ4n) is 1.21. The predicted molar refractivity (Wildman–Crippen MR) is 77.1 cm³/mol. The van der Waals surface area contributed by atoms with Gasteiger partial charge in [-0.2, -0.15) is 0 Å². The highest BCUT2D eigenvalue weighted by molar-refractivity contribution is 5.74. The number of carbonyl (C=O) groups is 3. The van der Waals surface area contributed by atoms with Gasteiger partial charge in [-0.05, 0) is 24.1 Å². The molecule has 0 saturated carbocycles. The zero-order valence-corrected chi connectivity index (χ0v) is 11.8. The highest BCUT2D eigenvalue weighted by Crippen LogP contribution is 2.13. The Balaban J connectivity index is 0.000000763. The Hall–Kier alpha value is -2.49. The molecule has 8 N–H and O–H groups in total. The van der Waals surface area contributed by atoms with Gasteiger partial charge in [0.05, 0.1) is 13.1 Å². The molecule has 0 aliphatic rings. The molecule has 0 bridgehead atoms. The first kappa shape index (κ1) is 19.5. The summed E-state index contributed by atoms with van der Waals surface area (Å²) in [5, 5.41) is 16.2. The molecule has 22 heavy (non-hydrogen) atoms. The third-order valence-electron chi connectivity index (χ3n) is 2.27. The van der Waals surface area contributed by atoms with Crippen molar-refractivity contribution in [2.24, 2.45) is 17.2 Å². The summed E-state index contributed by atoms with van der Waals surface area (Å²) in [7, 11) is 0. The van der Waals surface area contributed by atoms with Crippen LogP contribution in [0.5, 0.6) is 5.75 Å². The second-order valence-electron chi connectivity index (χ2n) is 4.07. The first-order valence-corrected chi connectivity index (χ1v) is 6.20. The van der Waals surface area contributed by atoms with Gasteiger partial charge < -0.3 is 32.2 Å². The number of ether oxygens (including phenoxy) is 1. The summed E-state index contributed by atoms with van der Waals surface area (Å²) in [4.78, 5) is 30.7. The van der Waals surface area contributed by atoms with Gasteiger partial charge in [0.2, 0.25) is 0 Å². The van der Waals surface area contributed by atoms with Gasteiger partial charge in [0.1, 0.15) is 11.8 Å². The molecule has 1 aromatic carbocycles. The van der Waals surface area contributed by atoms with Crippen LogP contribution in [0.25, 0.3) is 0 Å². The molecule has 0 fully saturated rings. The average Bonchev–Trinajstić information content (AvgIpc) is 2.49. The number of carboxylic acid groups (broad SMARTS) is 2. The Kier molecular flexibility index (Phi) is 9.11. The monoisotopic (exact) mass is 313 g/mol. The van der Waals surface area contributed by atoms with Crippen LogP contribution < -0.4 is 21.9 Å². The summed E-state index contributed by atoms with van der Waals surface area (Å²) < 4.78 is 4.86. The van der Waals surface area contributed by atoms with Crippen LogP contribution in [0.1, 0.15) is 5.56 Å². The number of aliphatic carboxylic acids is 2. The van der Waals surface area contributed by atoms with E-state index >= 15 is 0 Å². The number of hydrogen-bond acceptors (Lipinski definition) is 7. The second kappa shape index (κ2) is 10.3. The lowest BCUT2D eigenvalue weighted by Gasteiger charge is -2.07. The molecular weight excluding hydrogens is 294 g/mol. The summed E-state index contributed by atoms with van der Waals surface area (Å²) in [6, 6.07) is 5.51. The van der Waals surface area contributed by atoms with E-state index in [4.69, 9.17) is 26.4 Å². The minimum Gasteiger partial charge on any atom is -0.480 e. The molecule has 0 radical (unpaired) electrons. The van der Waals surface area contributed by atoms with Gasteiger partial charge in [-0.15, -0.1) is 0 Å². The minimum atomic E-state index is -1.05. The second-order valence-corrected chi connectivity index (χ2v) is 4.07. The van der Waals surface area contributed by atoms with Gasteiger partial charge in [-0.1, -0.05) is 12.1 Å². The van der Waals surface area contributed by atoms with Crippen LogP contribution in [-0.2, 0) is 20.8 Å². The van der Waals surface area contributed by atoms with E-state index in [1.807, 2.05) is 0 Å². The van der Waals surface area contributed by atoms with E-state index in [0.717, 1.165) is 5.56 Å². The molecule has 0 aliphatic heterocycles. The number of carboxylic acids is 2. The highest BCUT2D eigenvalue weighted by atomic mass is 16.5. The van der Waals surface area contributed by atoms with Crippen LogP contribution in [-0.4, -0.2) is 47.3 Å². The Labute approximate surface area is 126 Å². The maximum atomic E-state index is 10.9. The molecule has 0 amide bonds. The Morgan fingerprint density at radius 2 is 1.55 bits per heavy atom. The van der Waals surface area contributed by atoms with E-state index in [1.54, 1.807) is 24.3 Å². The van der Waals surface area contributed by atoms with Crippen molar-refractivity contribution in [1.29, 1.82) is 0 Å². The number of esters is 1. The minimum absolute atomic E-state index is 0.189. The van der Waals surface area contributed by atoms with E-state index < -0.39 is 23.9 Å². The number of nitrogens with two attached hydrogens (primary N) is 3. The zero-order chi connectivity index (χ0) is 17.1. The molecule has 9 heteroatoms. The lowest BCUT2D eigenvalue weighted by molar-refractivity contribution is -0.138. The molecule has 9 nitrogen and oxygen atoms in total. The predicted octanol–water partition coefficient (Wildman–Crippen LogP) is -1.47. The maximum Gasteiger partial charge on any atom is 0.325 e. The molecule has 1 aromatic rings. The van der Waals surface area contributed by atoms with Gasteiger partial charge in [0.15, 0.2) is 0 Å². The first-order chi connectivity index (χ1) is 10.3. The molecular formula is C13H19N3O6. The van der Waals surface area contributed by atoms with Gasteiger partial charge in [0, 0.05) is 0 Å². The Bertz CT molecular complexity index is 503. The third-order valence-corrected chi connectivity index (χ3v) is 2.27. The largest absolute Gasteiger partial charge is 0.480 e.